The SMILES string of the molecule is CC1(C)C=CC=Cc2ncccc2C1. The first-order chi connectivity index (χ1) is 6.67. The molecule has 0 radical (unpaired) electrons. The van der Waals surface area contributed by atoms with E-state index in [1.807, 2.05) is 12.3 Å². The van der Waals surface area contributed by atoms with Crippen molar-refractivity contribution in [2.75, 3.05) is 0 Å². The number of hydrogen-bond donors (Lipinski definition) is 0. The van der Waals surface area contributed by atoms with Gasteiger partial charge in [0.25, 0.3) is 0 Å². The summed E-state index contributed by atoms with van der Waals surface area (Å²) in [7, 11) is 0. The maximum Gasteiger partial charge on any atom is 0.0661 e. The zero-order valence-corrected chi connectivity index (χ0v) is 8.70. The number of hydrogen-bond acceptors (Lipinski definition) is 1. The highest BCUT2D eigenvalue weighted by Gasteiger charge is 2.17. The van der Waals surface area contributed by atoms with E-state index in [-0.39, 0.29) is 5.41 Å². The molecule has 0 saturated heterocycles. The van der Waals surface area contributed by atoms with Gasteiger partial charge in [0.05, 0.1) is 5.69 Å². The van der Waals surface area contributed by atoms with Crippen molar-refractivity contribution in [3.63, 3.8) is 0 Å². The van der Waals surface area contributed by atoms with Crippen LogP contribution in [0, 0.1) is 5.41 Å². The Labute approximate surface area is 85.2 Å². The molecule has 1 aliphatic carbocycles. The molecule has 1 heterocycles. The van der Waals surface area contributed by atoms with E-state index >= 15 is 0 Å². The smallest absolute Gasteiger partial charge is 0.0661 e. The summed E-state index contributed by atoms with van der Waals surface area (Å²) in [4.78, 5) is 4.37. The Morgan fingerprint density at radius 2 is 2.14 bits per heavy atom. The maximum absolute atomic E-state index is 4.37. The van der Waals surface area contributed by atoms with Crippen LogP contribution in [0.2, 0.25) is 0 Å². The Kier molecular flexibility index (Phi) is 2.24. The van der Waals surface area contributed by atoms with Crippen molar-refractivity contribution in [2.45, 2.75) is 20.3 Å². The molecule has 0 spiro atoms. The van der Waals surface area contributed by atoms with E-state index in [1.165, 1.54) is 5.56 Å². The quantitative estimate of drug-likeness (QED) is 0.604. The second kappa shape index (κ2) is 3.41. The fourth-order valence-corrected chi connectivity index (χ4v) is 1.76. The molecule has 0 amide bonds. The van der Waals surface area contributed by atoms with Crippen LogP contribution in [0.25, 0.3) is 6.08 Å². The van der Waals surface area contributed by atoms with Crippen LogP contribution in [0.3, 0.4) is 0 Å². The maximum atomic E-state index is 4.37. The Balaban J connectivity index is 2.47. The topological polar surface area (TPSA) is 12.9 Å². The molecule has 0 atom stereocenters. The molecule has 1 aromatic heterocycles. The van der Waals surface area contributed by atoms with Gasteiger partial charge in [-0.1, -0.05) is 38.1 Å². The predicted octanol–water partition coefficient (Wildman–Crippen LogP) is 3.23. The second-order valence-electron chi connectivity index (χ2n) is 4.43. The Hall–Kier alpha value is -1.37. The normalized spacial score (nSPS) is 18.4. The molecule has 0 unspecified atom stereocenters. The molecule has 0 N–H and O–H groups in total. The monoisotopic (exact) mass is 185 g/mol. The zero-order chi connectivity index (χ0) is 10.0. The number of nitrogens with zero attached hydrogens (tertiary/aromatic N) is 1. The zero-order valence-electron chi connectivity index (χ0n) is 8.70. The molecule has 1 aromatic rings. The second-order valence-corrected chi connectivity index (χ2v) is 4.43. The lowest BCUT2D eigenvalue weighted by Crippen LogP contribution is -2.13. The molecule has 0 aliphatic heterocycles. The van der Waals surface area contributed by atoms with Crippen LogP contribution in [0.4, 0.5) is 0 Å². The van der Waals surface area contributed by atoms with Gasteiger partial charge in [-0.25, -0.2) is 0 Å². The molecule has 1 nitrogen and oxygen atoms in total. The highest BCUT2D eigenvalue weighted by Crippen LogP contribution is 2.26. The fourth-order valence-electron chi connectivity index (χ4n) is 1.76. The highest BCUT2D eigenvalue weighted by molar-refractivity contribution is 5.52. The summed E-state index contributed by atoms with van der Waals surface area (Å²) in [5.74, 6) is 0. The predicted molar refractivity (Wildman–Crippen MR) is 59.9 cm³/mol. The van der Waals surface area contributed by atoms with E-state index in [9.17, 15) is 0 Å². The summed E-state index contributed by atoms with van der Waals surface area (Å²) in [6, 6.07) is 4.17. The minimum atomic E-state index is 0.225. The van der Waals surface area contributed by atoms with Crippen molar-refractivity contribution < 1.29 is 0 Å². The van der Waals surface area contributed by atoms with Gasteiger partial charge >= 0.3 is 0 Å². The van der Waals surface area contributed by atoms with Crippen LogP contribution in [0.15, 0.2) is 36.6 Å². The Morgan fingerprint density at radius 3 is 3.00 bits per heavy atom. The van der Waals surface area contributed by atoms with Crippen LogP contribution in [-0.4, -0.2) is 4.98 Å². The van der Waals surface area contributed by atoms with E-state index < -0.39 is 0 Å². The minimum absolute atomic E-state index is 0.225. The molecule has 1 heteroatoms. The van der Waals surface area contributed by atoms with E-state index in [0.29, 0.717) is 0 Å². The largest absolute Gasteiger partial charge is 0.257 e. The Bertz CT molecular complexity index is 386. The summed E-state index contributed by atoms with van der Waals surface area (Å²) in [5, 5.41) is 0. The highest BCUT2D eigenvalue weighted by atomic mass is 14.7. The average molecular weight is 185 g/mol. The van der Waals surface area contributed by atoms with Crippen molar-refractivity contribution in [2.24, 2.45) is 5.41 Å². The van der Waals surface area contributed by atoms with Gasteiger partial charge in [-0.05, 0) is 29.5 Å². The van der Waals surface area contributed by atoms with Gasteiger partial charge in [0.1, 0.15) is 0 Å². The lowest BCUT2D eigenvalue weighted by Gasteiger charge is -2.22. The van der Waals surface area contributed by atoms with Crippen molar-refractivity contribution in [1.29, 1.82) is 0 Å². The van der Waals surface area contributed by atoms with Crippen LogP contribution in [-0.2, 0) is 6.42 Å². The average Bonchev–Trinajstić information content (AvgIpc) is 2.11. The third kappa shape index (κ3) is 1.92. The van der Waals surface area contributed by atoms with E-state index in [4.69, 9.17) is 0 Å². The van der Waals surface area contributed by atoms with Gasteiger partial charge in [0.2, 0.25) is 0 Å². The van der Waals surface area contributed by atoms with Crippen LogP contribution in [0.5, 0.6) is 0 Å². The third-order valence-corrected chi connectivity index (χ3v) is 2.48. The lowest BCUT2D eigenvalue weighted by atomic mass is 9.84. The van der Waals surface area contributed by atoms with E-state index in [0.717, 1.165) is 12.1 Å². The number of aromatic nitrogens is 1. The first kappa shape index (κ1) is 9.20. The number of allylic oxidation sites excluding steroid dienone is 3. The summed E-state index contributed by atoms with van der Waals surface area (Å²) in [6.45, 7) is 4.50. The van der Waals surface area contributed by atoms with Gasteiger partial charge in [-0.15, -0.1) is 0 Å². The summed E-state index contributed by atoms with van der Waals surface area (Å²) >= 11 is 0. The number of pyridine rings is 1. The van der Waals surface area contributed by atoms with E-state index in [2.05, 4.69) is 49.2 Å². The first-order valence-electron chi connectivity index (χ1n) is 4.97. The first-order valence-corrected chi connectivity index (χ1v) is 4.97. The molecular formula is C13H15N. The van der Waals surface area contributed by atoms with Crippen LogP contribution < -0.4 is 0 Å². The number of fused-ring (bicyclic) bond motifs is 1. The molecule has 0 bridgehead atoms. The number of rotatable bonds is 0. The summed E-state index contributed by atoms with van der Waals surface area (Å²) in [6.07, 6.45) is 11.4. The standard InChI is InChI=1S/C13H15N/c1-13(2)8-4-3-7-12-11(10-13)6-5-9-14-12/h3-9H,10H2,1-2H3. The molecule has 0 saturated carbocycles. The van der Waals surface area contributed by atoms with Crippen molar-refractivity contribution in [3.05, 3.63) is 47.8 Å². The minimum Gasteiger partial charge on any atom is -0.257 e. The van der Waals surface area contributed by atoms with Crippen LogP contribution in [0.1, 0.15) is 25.1 Å². The summed E-state index contributed by atoms with van der Waals surface area (Å²) in [5.41, 5.74) is 2.66. The molecular weight excluding hydrogens is 170 g/mol. The van der Waals surface area contributed by atoms with Gasteiger partial charge < -0.3 is 0 Å². The van der Waals surface area contributed by atoms with Crippen molar-refractivity contribution >= 4 is 6.08 Å². The van der Waals surface area contributed by atoms with Gasteiger partial charge in [0.15, 0.2) is 0 Å². The molecule has 14 heavy (non-hydrogen) atoms. The molecule has 2 rings (SSSR count). The van der Waals surface area contributed by atoms with Crippen molar-refractivity contribution in [1.82, 2.24) is 4.98 Å². The Morgan fingerprint density at radius 1 is 1.29 bits per heavy atom. The molecule has 0 aromatic carbocycles. The lowest BCUT2D eigenvalue weighted by molar-refractivity contribution is 0.476. The molecule has 72 valence electrons. The van der Waals surface area contributed by atoms with Crippen LogP contribution >= 0.6 is 0 Å². The third-order valence-electron chi connectivity index (χ3n) is 2.48. The fraction of sp³-hybridized carbons (Fsp3) is 0.308. The van der Waals surface area contributed by atoms with Gasteiger partial charge in [-0.3, -0.25) is 4.98 Å². The van der Waals surface area contributed by atoms with Gasteiger partial charge in [-0.2, -0.15) is 0 Å². The molecule has 1 aliphatic rings. The summed E-state index contributed by atoms with van der Waals surface area (Å²) < 4.78 is 0. The van der Waals surface area contributed by atoms with Crippen molar-refractivity contribution in [3.8, 4) is 0 Å². The molecule has 0 fully saturated rings. The van der Waals surface area contributed by atoms with Gasteiger partial charge in [0, 0.05) is 6.20 Å². The van der Waals surface area contributed by atoms with E-state index in [1.54, 1.807) is 0 Å².